The van der Waals surface area contributed by atoms with Crippen LogP contribution in [0, 0.1) is 0 Å². The fourth-order valence-electron chi connectivity index (χ4n) is 3.02. The van der Waals surface area contributed by atoms with E-state index in [1.165, 1.54) is 0 Å². The molecule has 5 heteroatoms. The first-order chi connectivity index (χ1) is 13.6. The summed E-state index contributed by atoms with van der Waals surface area (Å²) >= 11 is 6.88. The predicted molar refractivity (Wildman–Crippen MR) is 120 cm³/mol. The fourth-order valence-corrected chi connectivity index (χ4v) is 3.55. The Hall–Kier alpha value is -2.50. The number of imidazole rings is 1. The molecular formula is C23H16Br2N2O. The molecule has 0 amide bonds. The number of hydrogen-bond acceptors (Lipinski definition) is 2. The van der Waals surface area contributed by atoms with Crippen molar-refractivity contribution in [3.05, 3.63) is 105 Å². The molecule has 0 aliphatic rings. The molecule has 1 heterocycles. The van der Waals surface area contributed by atoms with E-state index in [9.17, 15) is 4.79 Å². The summed E-state index contributed by atoms with van der Waals surface area (Å²) in [7, 11) is 0. The molecule has 28 heavy (non-hydrogen) atoms. The molecule has 0 atom stereocenters. The van der Waals surface area contributed by atoms with E-state index in [1.54, 1.807) is 6.08 Å². The van der Waals surface area contributed by atoms with Crippen LogP contribution in [-0.4, -0.2) is 15.3 Å². The number of carbonyl (C=O) groups is 1. The van der Waals surface area contributed by atoms with Gasteiger partial charge in [0.15, 0.2) is 5.82 Å². The molecule has 0 unspecified atom stereocenters. The van der Waals surface area contributed by atoms with Crippen LogP contribution < -0.4 is 0 Å². The van der Waals surface area contributed by atoms with Gasteiger partial charge >= 0.3 is 0 Å². The van der Waals surface area contributed by atoms with Crippen molar-refractivity contribution in [2.24, 2.45) is 0 Å². The lowest BCUT2D eigenvalue weighted by atomic mass is 10.2. The number of nitrogens with zero attached hydrogens (tertiary/aromatic N) is 2. The lowest BCUT2D eigenvalue weighted by Gasteiger charge is -2.08. The minimum absolute atomic E-state index is 0.115. The van der Waals surface area contributed by atoms with Gasteiger partial charge < -0.3 is 4.57 Å². The van der Waals surface area contributed by atoms with E-state index in [0.717, 1.165) is 31.1 Å². The molecule has 0 aliphatic carbocycles. The molecule has 0 bridgehead atoms. The van der Waals surface area contributed by atoms with Gasteiger partial charge in [0.25, 0.3) is 0 Å². The van der Waals surface area contributed by atoms with Crippen molar-refractivity contribution >= 4 is 54.8 Å². The van der Waals surface area contributed by atoms with Crippen LogP contribution in [-0.2, 0) is 6.54 Å². The number of para-hydroxylation sites is 2. The van der Waals surface area contributed by atoms with Gasteiger partial charge in [-0.3, -0.25) is 4.79 Å². The minimum atomic E-state index is -0.115. The van der Waals surface area contributed by atoms with Crippen molar-refractivity contribution in [1.29, 1.82) is 0 Å². The number of aromatic nitrogens is 2. The Labute approximate surface area is 180 Å². The molecule has 4 aromatic rings. The SMILES string of the molecule is O=C(/C=C/c1ccc(Br)cc1)c1nc2ccccc2n1Cc1ccc(Br)cc1. The Bertz CT molecular complexity index is 1160. The highest BCUT2D eigenvalue weighted by Gasteiger charge is 2.15. The highest BCUT2D eigenvalue weighted by molar-refractivity contribution is 9.10. The van der Waals surface area contributed by atoms with Gasteiger partial charge in [-0.25, -0.2) is 4.98 Å². The Balaban J connectivity index is 1.70. The molecule has 0 spiro atoms. The number of halogens is 2. The average Bonchev–Trinajstić information content (AvgIpc) is 3.08. The van der Waals surface area contributed by atoms with Gasteiger partial charge in [-0.1, -0.05) is 74.3 Å². The topological polar surface area (TPSA) is 34.9 Å². The van der Waals surface area contributed by atoms with E-state index in [0.29, 0.717) is 12.4 Å². The third kappa shape index (κ3) is 4.16. The standard InChI is InChI=1S/C23H16Br2N2O/c24-18-10-5-16(6-11-18)9-14-22(28)23-26-20-3-1-2-4-21(20)27(23)15-17-7-12-19(25)13-8-17/h1-14H,15H2/b14-9+. The highest BCUT2D eigenvalue weighted by atomic mass is 79.9. The fraction of sp³-hybridized carbons (Fsp3) is 0.0435. The van der Waals surface area contributed by atoms with Crippen LogP contribution in [0.3, 0.4) is 0 Å². The highest BCUT2D eigenvalue weighted by Crippen LogP contribution is 2.20. The lowest BCUT2D eigenvalue weighted by molar-refractivity contribution is 0.103. The van der Waals surface area contributed by atoms with Crippen molar-refractivity contribution in [3.63, 3.8) is 0 Å². The molecule has 0 saturated carbocycles. The second-order valence-corrected chi connectivity index (χ2v) is 8.22. The number of fused-ring (bicyclic) bond motifs is 1. The van der Waals surface area contributed by atoms with E-state index in [4.69, 9.17) is 0 Å². The van der Waals surface area contributed by atoms with Crippen molar-refractivity contribution in [2.45, 2.75) is 6.54 Å². The van der Waals surface area contributed by atoms with Crippen molar-refractivity contribution in [3.8, 4) is 0 Å². The molecule has 0 saturated heterocycles. The lowest BCUT2D eigenvalue weighted by Crippen LogP contribution is -2.09. The first-order valence-electron chi connectivity index (χ1n) is 8.78. The van der Waals surface area contributed by atoms with Gasteiger partial charge in [-0.05, 0) is 53.6 Å². The Morgan fingerprint density at radius 2 is 1.54 bits per heavy atom. The molecule has 0 aliphatic heterocycles. The van der Waals surface area contributed by atoms with Crippen LogP contribution in [0.1, 0.15) is 21.7 Å². The maximum absolute atomic E-state index is 12.9. The van der Waals surface area contributed by atoms with Crippen LogP contribution in [0.2, 0.25) is 0 Å². The van der Waals surface area contributed by atoms with Crippen molar-refractivity contribution < 1.29 is 4.79 Å². The van der Waals surface area contributed by atoms with E-state index >= 15 is 0 Å². The maximum Gasteiger partial charge on any atom is 0.221 e. The third-order valence-corrected chi connectivity index (χ3v) is 5.48. The Kier molecular flexibility index (Phi) is 5.55. The first-order valence-corrected chi connectivity index (χ1v) is 10.4. The number of hydrogen-bond donors (Lipinski definition) is 0. The summed E-state index contributed by atoms with van der Waals surface area (Å²) < 4.78 is 4.01. The monoisotopic (exact) mass is 494 g/mol. The Morgan fingerprint density at radius 3 is 2.25 bits per heavy atom. The van der Waals surface area contributed by atoms with Crippen molar-refractivity contribution in [2.75, 3.05) is 0 Å². The summed E-state index contributed by atoms with van der Waals surface area (Å²) in [6.45, 7) is 0.584. The molecule has 1 aromatic heterocycles. The molecule has 3 aromatic carbocycles. The van der Waals surface area contributed by atoms with E-state index < -0.39 is 0 Å². The van der Waals surface area contributed by atoms with Gasteiger partial charge in [-0.2, -0.15) is 0 Å². The molecular weight excluding hydrogens is 480 g/mol. The van der Waals surface area contributed by atoms with Crippen LogP contribution in [0.4, 0.5) is 0 Å². The molecule has 0 fully saturated rings. The van der Waals surface area contributed by atoms with Gasteiger partial charge in [0.05, 0.1) is 11.0 Å². The second kappa shape index (κ2) is 8.25. The molecule has 3 nitrogen and oxygen atoms in total. The van der Waals surface area contributed by atoms with Gasteiger partial charge in [0.2, 0.25) is 5.78 Å². The van der Waals surface area contributed by atoms with Crippen LogP contribution in [0.5, 0.6) is 0 Å². The normalized spacial score (nSPS) is 11.4. The van der Waals surface area contributed by atoms with E-state index in [1.807, 2.05) is 83.4 Å². The number of allylic oxidation sites excluding steroid dienone is 1. The number of carbonyl (C=O) groups excluding carboxylic acids is 1. The third-order valence-electron chi connectivity index (χ3n) is 4.43. The van der Waals surface area contributed by atoms with Gasteiger partial charge in [0.1, 0.15) is 0 Å². The molecule has 0 N–H and O–H groups in total. The summed E-state index contributed by atoms with van der Waals surface area (Å²) in [6.07, 6.45) is 3.40. The zero-order chi connectivity index (χ0) is 19.5. The quantitative estimate of drug-likeness (QED) is 0.234. The average molecular weight is 496 g/mol. The zero-order valence-corrected chi connectivity index (χ0v) is 18.0. The number of benzene rings is 3. The number of rotatable bonds is 5. The van der Waals surface area contributed by atoms with Crippen molar-refractivity contribution in [1.82, 2.24) is 9.55 Å². The van der Waals surface area contributed by atoms with Crippen LogP contribution in [0.25, 0.3) is 17.1 Å². The maximum atomic E-state index is 12.9. The van der Waals surface area contributed by atoms with E-state index in [-0.39, 0.29) is 5.78 Å². The smallest absolute Gasteiger partial charge is 0.221 e. The second-order valence-electron chi connectivity index (χ2n) is 6.39. The van der Waals surface area contributed by atoms with Crippen LogP contribution in [0.15, 0.2) is 87.8 Å². The summed E-state index contributed by atoms with van der Waals surface area (Å²) in [5.74, 6) is 0.328. The summed E-state index contributed by atoms with van der Waals surface area (Å²) in [5, 5.41) is 0. The first kappa shape index (κ1) is 18.8. The zero-order valence-electron chi connectivity index (χ0n) is 14.8. The molecule has 4 rings (SSSR count). The summed E-state index contributed by atoms with van der Waals surface area (Å²) in [6, 6.07) is 23.7. The van der Waals surface area contributed by atoms with E-state index in [2.05, 4.69) is 36.8 Å². The molecule has 138 valence electrons. The van der Waals surface area contributed by atoms with Gasteiger partial charge in [0, 0.05) is 15.5 Å². The Morgan fingerprint density at radius 1 is 0.893 bits per heavy atom. The van der Waals surface area contributed by atoms with Gasteiger partial charge in [-0.15, -0.1) is 0 Å². The van der Waals surface area contributed by atoms with Crippen LogP contribution >= 0.6 is 31.9 Å². The summed E-state index contributed by atoms with van der Waals surface area (Å²) in [4.78, 5) is 17.5. The molecule has 0 radical (unpaired) electrons. The predicted octanol–water partition coefficient (Wildman–Crippen LogP) is 6.51. The summed E-state index contributed by atoms with van der Waals surface area (Å²) in [5.41, 5.74) is 3.84. The number of ketones is 1. The minimum Gasteiger partial charge on any atom is -0.317 e. The largest absolute Gasteiger partial charge is 0.317 e.